The van der Waals surface area contributed by atoms with Gasteiger partial charge in [0.1, 0.15) is 11.6 Å². The number of nitrogens with zero attached hydrogens (tertiary/aromatic N) is 1. The van der Waals surface area contributed by atoms with Crippen LogP contribution >= 0.6 is 0 Å². The molecule has 1 N–H and O–H groups in total. The first kappa shape index (κ1) is 21.0. The van der Waals surface area contributed by atoms with E-state index in [1.165, 1.54) is 19.2 Å². The number of hydrogen-bond acceptors (Lipinski definition) is 4. The second-order valence-electron chi connectivity index (χ2n) is 7.07. The molecule has 0 bridgehead atoms. The largest absolute Gasteiger partial charge is 0.493 e. The fourth-order valence-electron chi connectivity index (χ4n) is 3.15. The predicted octanol–water partition coefficient (Wildman–Crippen LogP) is 3.60. The number of piperidine rings is 1. The van der Waals surface area contributed by atoms with Gasteiger partial charge in [-0.1, -0.05) is 0 Å². The minimum absolute atomic E-state index is 0.00704. The van der Waals surface area contributed by atoms with Gasteiger partial charge in [-0.15, -0.1) is 0 Å². The van der Waals surface area contributed by atoms with Crippen LogP contribution in [0.2, 0.25) is 0 Å². The molecule has 0 atom stereocenters. The Balaban J connectivity index is 1.67. The van der Waals surface area contributed by atoms with E-state index >= 15 is 0 Å². The minimum atomic E-state index is -0.590. The Morgan fingerprint density at radius 3 is 2.59 bits per heavy atom. The number of benzene rings is 1. The second-order valence-corrected chi connectivity index (χ2v) is 7.07. The summed E-state index contributed by atoms with van der Waals surface area (Å²) in [5.41, 5.74) is 0.00704. The standard InChI is InChI=1S/C20H29FN2O4/c1-14(2)27-20(25)23-10-8-15(9-11-23)5-4-12-26-16-6-7-17(18(21)13-16)19(24)22-3/h6-7,13-15H,4-5,8-12H2,1-3H3,(H,22,24). The summed E-state index contributed by atoms with van der Waals surface area (Å²) in [6.07, 6.45) is 3.47. The van der Waals surface area contributed by atoms with Crippen molar-refractivity contribution in [3.8, 4) is 5.75 Å². The summed E-state index contributed by atoms with van der Waals surface area (Å²) in [7, 11) is 1.46. The first-order chi connectivity index (χ1) is 12.9. The number of nitrogens with one attached hydrogen (secondary N) is 1. The fourth-order valence-corrected chi connectivity index (χ4v) is 3.15. The normalized spacial score (nSPS) is 14.9. The average Bonchev–Trinajstić information content (AvgIpc) is 2.64. The lowest BCUT2D eigenvalue weighted by Crippen LogP contribution is -2.39. The van der Waals surface area contributed by atoms with Gasteiger partial charge in [0.05, 0.1) is 18.3 Å². The Morgan fingerprint density at radius 2 is 2.00 bits per heavy atom. The molecule has 0 aromatic heterocycles. The SMILES string of the molecule is CNC(=O)c1ccc(OCCCC2CCN(C(=O)OC(C)C)CC2)cc1F. The van der Waals surface area contributed by atoms with Gasteiger partial charge in [-0.05, 0) is 57.6 Å². The molecule has 1 aliphatic heterocycles. The van der Waals surface area contributed by atoms with Crippen molar-refractivity contribution in [1.82, 2.24) is 10.2 Å². The van der Waals surface area contributed by atoms with E-state index in [0.29, 0.717) is 18.3 Å². The van der Waals surface area contributed by atoms with Crippen molar-refractivity contribution in [2.45, 2.75) is 45.6 Å². The first-order valence-corrected chi connectivity index (χ1v) is 9.50. The summed E-state index contributed by atoms with van der Waals surface area (Å²) < 4.78 is 24.7. The summed E-state index contributed by atoms with van der Waals surface area (Å²) in [4.78, 5) is 25.1. The summed E-state index contributed by atoms with van der Waals surface area (Å²) in [5.74, 6) is -0.0642. The van der Waals surface area contributed by atoms with Gasteiger partial charge in [0.2, 0.25) is 0 Å². The number of rotatable bonds is 7. The van der Waals surface area contributed by atoms with Gasteiger partial charge in [-0.25, -0.2) is 9.18 Å². The molecule has 150 valence electrons. The zero-order valence-electron chi connectivity index (χ0n) is 16.3. The van der Waals surface area contributed by atoms with E-state index in [-0.39, 0.29) is 17.8 Å². The zero-order valence-corrected chi connectivity index (χ0v) is 16.3. The molecular formula is C20H29FN2O4. The molecule has 0 saturated carbocycles. The van der Waals surface area contributed by atoms with Crippen molar-refractivity contribution in [2.75, 3.05) is 26.7 Å². The van der Waals surface area contributed by atoms with Gasteiger partial charge in [0.15, 0.2) is 0 Å². The van der Waals surface area contributed by atoms with Crippen LogP contribution in [0.25, 0.3) is 0 Å². The highest BCUT2D eigenvalue weighted by Crippen LogP contribution is 2.23. The van der Waals surface area contributed by atoms with Crippen LogP contribution in [0.4, 0.5) is 9.18 Å². The van der Waals surface area contributed by atoms with Crippen LogP contribution < -0.4 is 10.1 Å². The number of amides is 2. The monoisotopic (exact) mass is 380 g/mol. The predicted molar refractivity (Wildman–Crippen MR) is 100 cm³/mol. The number of hydrogen-bond donors (Lipinski definition) is 1. The quantitative estimate of drug-likeness (QED) is 0.734. The Morgan fingerprint density at radius 1 is 1.30 bits per heavy atom. The number of halogens is 1. The van der Waals surface area contributed by atoms with E-state index in [2.05, 4.69) is 5.32 Å². The smallest absolute Gasteiger partial charge is 0.410 e. The molecule has 1 aromatic carbocycles. The fraction of sp³-hybridized carbons (Fsp3) is 0.600. The number of carbonyl (C=O) groups excluding carboxylic acids is 2. The minimum Gasteiger partial charge on any atom is -0.493 e. The van der Waals surface area contributed by atoms with Crippen molar-refractivity contribution < 1.29 is 23.5 Å². The summed E-state index contributed by atoms with van der Waals surface area (Å²) >= 11 is 0. The molecule has 0 unspecified atom stereocenters. The van der Waals surface area contributed by atoms with Crippen molar-refractivity contribution in [3.63, 3.8) is 0 Å². The summed E-state index contributed by atoms with van der Waals surface area (Å²) in [6, 6.07) is 4.27. The molecule has 1 aliphatic rings. The Kier molecular flexibility index (Phi) is 7.88. The molecule has 1 heterocycles. The average molecular weight is 380 g/mol. The van der Waals surface area contributed by atoms with E-state index in [1.54, 1.807) is 11.0 Å². The topological polar surface area (TPSA) is 67.9 Å². The maximum Gasteiger partial charge on any atom is 0.410 e. The molecule has 6 nitrogen and oxygen atoms in total. The third-order valence-electron chi connectivity index (χ3n) is 4.65. The van der Waals surface area contributed by atoms with Crippen LogP contribution in [0.1, 0.15) is 49.9 Å². The molecule has 1 fully saturated rings. The van der Waals surface area contributed by atoms with Gasteiger partial charge in [0.25, 0.3) is 5.91 Å². The molecular weight excluding hydrogens is 351 g/mol. The van der Waals surface area contributed by atoms with Gasteiger partial charge in [-0.3, -0.25) is 4.79 Å². The lowest BCUT2D eigenvalue weighted by atomic mass is 9.92. The van der Waals surface area contributed by atoms with Crippen LogP contribution in [0.5, 0.6) is 5.75 Å². The van der Waals surface area contributed by atoms with Gasteiger partial charge in [-0.2, -0.15) is 0 Å². The Labute approximate surface area is 160 Å². The van der Waals surface area contributed by atoms with Crippen molar-refractivity contribution in [1.29, 1.82) is 0 Å². The van der Waals surface area contributed by atoms with Gasteiger partial charge < -0.3 is 19.7 Å². The van der Waals surface area contributed by atoms with Crippen molar-refractivity contribution >= 4 is 12.0 Å². The van der Waals surface area contributed by atoms with Crippen LogP contribution in [0.15, 0.2) is 18.2 Å². The van der Waals surface area contributed by atoms with Gasteiger partial charge in [0, 0.05) is 26.2 Å². The van der Waals surface area contributed by atoms with Gasteiger partial charge >= 0.3 is 6.09 Å². The highest BCUT2D eigenvalue weighted by atomic mass is 19.1. The highest BCUT2D eigenvalue weighted by molar-refractivity contribution is 5.94. The second kappa shape index (κ2) is 10.1. The Hall–Kier alpha value is -2.31. The number of likely N-dealkylation sites (tertiary alicyclic amines) is 1. The third kappa shape index (κ3) is 6.41. The van der Waals surface area contributed by atoms with E-state index in [1.807, 2.05) is 13.8 Å². The summed E-state index contributed by atoms with van der Waals surface area (Å²) in [5, 5.41) is 2.40. The number of ether oxygens (including phenoxy) is 2. The van der Waals surface area contributed by atoms with Crippen LogP contribution in [0.3, 0.4) is 0 Å². The molecule has 27 heavy (non-hydrogen) atoms. The zero-order chi connectivity index (χ0) is 19.8. The number of carbonyl (C=O) groups is 2. The van der Waals surface area contributed by atoms with E-state index < -0.39 is 11.7 Å². The maximum atomic E-state index is 13.9. The van der Waals surface area contributed by atoms with Crippen LogP contribution in [0, 0.1) is 11.7 Å². The molecule has 1 aromatic rings. The molecule has 0 radical (unpaired) electrons. The third-order valence-corrected chi connectivity index (χ3v) is 4.65. The van der Waals surface area contributed by atoms with Crippen molar-refractivity contribution in [3.05, 3.63) is 29.6 Å². The first-order valence-electron chi connectivity index (χ1n) is 9.50. The molecule has 0 spiro atoms. The molecule has 7 heteroatoms. The highest BCUT2D eigenvalue weighted by Gasteiger charge is 2.24. The van der Waals surface area contributed by atoms with E-state index in [0.717, 1.165) is 38.8 Å². The maximum absolute atomic E-state index is 13.9. The van der Waals surface area contributed by atoms with Crippen molar-refractivity contribution in [2.24, 2.45) is 5.92 Å². The van der Waals surface area contributed by atoms with E-state index in [9.17, 15) is 14.0 Å². The molecule has 1 saturated heterocycles. The molecule has 2 amide bonds. The van der Waals surface area contributed by atoms with Crippen LogP contribution in [-0.2, 0) is 4.74 Å². The molecule has 2 rings (SSSR count). The lowest BCUT2D eigenvalue weighted by molar-refractivity contribution is 0.0643. The lowest BCUT2D eigenvalue weighted by Gasteiger charge is -2.31. The Bertz CT molecular complexity index is 643. The van der Waals surface area contributed by atoms with Crippen LogP contribution in [-0.4, -0.2) is 49.7 Å². The van der Waals surface area contributed by atoms with E-state index in [4.69, 9.17) is 9.47 Å². The summed E-state index contributed by atoms with van der Waals surface area (Å²) in [6.45, 7) is 5.64. The molecule has 0 aliphatic carbocycles.